The predicted octanol–water partition coefficient (Wildman–Crippen LogP) is 2.81. The van der Waals surface area contributed by atoms with Crippen molar-refractivity contribution >= 4 is 0 Å². The van der Waals surface area contributed by atoms with Crippen LogP contribution < -0.4 is 5.32 Å². The topological polar surface area (TPSA) is 12.0 Å². The van der Waals surface area contributed by atoms with Crippen molar-refractivity contribution in [2.45, 2.75) is 58.5 Å². The Morgan fingerprint density at radius 3 is 2.57 bits per heavy atom. The summed E-state index contributed by atoms with van der Waals surface area (Å²) in [5.74, 6) is 4.55. The van der Waals surface area contributed by atoms with Crippen molar-refractivity contribution in [1.29, 1.82) is 0 Å². The van der Waals surface area contributed by atoms with Gasteiger partial charge in [-0.2, -0.15) is 0 Å². The van der Waals surface area contributed by atoms with Gasteiger partial charge in [0.25, 0.3) is 0 Å². The summed E-state index contributed by atoms with van der Waals surface area (Å²) in [4.78, 5) is 0. The quantitative estimate of drug-likeness (QED) is 0.680. The summed E-state index contributed by atoms with van der Waals surface area (Å²) < 4.78 is 0. The van der Waals surface area contributed by atoms with Crippen molar-refractivity contribution in [2.75, 3.05) is 0 Å². The van der Waals surface area contributed by atoms with Crippen LogP contribution in [0.4, 0.5) is 0 Å². The molecule has 1 rings (SSSR count). The fourth-order valence-corrected chi connectivity index (χ4v) is 2.27. The normalized spacial score (nSPS) is 34.9. The zero-order valence-corrected chi connectivity index (χ0v) is 9.72. The molecule has 0 radical (unpaired) electrons. The maximum atomic E-state index is 5.45. The zero-order chi connectivity index (χ0) is 10.6. The monoisotopic (exact) mass is 193 g/mol. The predicted molar refractivity (Wildman–Crippen MR) is 62.0 cm³/mol. The number of hydrogen-bond donors (Lipinski definition) is 1. The highest BCUT2D eigenvalue weighted by Gasteiger charge is 2.25. The molecule has 0 amide bonds. The van der Waals surface area contributed by atoms with Crippen molar-refractivity contribution in [1.82, 2.24) is 5.32 Å². The molecule has 0 aromatic rings. The van der Waals surface area contributed by atoms with Gasteiger partial charge in [0, 0.05) is 6.04 Å². The van der Waals surface area contributed by atoms with E-state index >= 15 is 0 Å². The molecule has 1 nitrogen and oxygen atoms in total. The van der Waals surface area contributed by atoms with Gasteiger partial charge in [-0.1, -0.05) is 26.7 Å². The maximum absolute atomic E-state index is 5.45. The van der Waals surface area contributed by atoms with Crippen LogP contribution in [0.2, 0.25) is 0 Å². The largest absolute Gasteiger partial charge is 0.301 e. The average molecular weight is 193 g/mol. The van der Waals surface area contributed by atoms with E-state index in [4.69, 9.17) is 6.42 Å². The summed E-state index contributed by atoms with van der Waals surface area (Å²) in [5, 5.41) is 3.57. The van der Waals surface area contributed by atoms with E-state index in [1.54, 1.807) is 0 Å². The molecular weight excluding hydrogens is 170 g/mol. The van der Waals surface area contributed by atoms with Crippen molar-refractivity contribution in [2.24, 2.45) is 11.8 Å². The van der Waals surface area contributed by atoms with E-state index in [-0.39, 0.29) is 6.04 Å². The van der Waals surface area contributed by atoms with Crippen LogP contribution in [0.5, 0.6) is 0 Å². The lowest BCUT2D eigenvalue weighted by Gasteiger charge is -2.33. The van der Waals surface area contributed by atoms with E-state index < -0.39 is 0 Å². The summed E-state index contributed by atoms with van der Waals surface area (Å²) in [6.45, 7) is 6.86. The van der Waals surface area contributed by atoms with Crippen molar-refractivity contribution in [3.8, 4) is 12.3 Å². The third-order valence-corrected chi connectivity index (χ3v) is 3.64. The second kappa shape index (κ2) is 5.41. The Morgan fingerprint density at radius 2 is 2.07 bits per heavy atom. The number of rotatable bonds is 3. The van der Waals surface area contributed by atoms with Crippen LogP contribution in [-0.4, -0.2) is 12.1 Å². The Balaban J connectivity index is 2.36. The molecule has 4 unspecified atom stereocenters. The molecule has 0 aromatic carbocycles. The SMILES string of the molecule is C#CC(CC)NC1CCC(C)C(C)C1. The fraction of sp³-hybridized carbons (Fsp3) is 0.846. The summed E-state index contributed by atoms with van der Waals surface area (Å²) in [6.07, 6.45) is 10.4. The second-order valence-electron chi connectivity index (χ2n) is 4.76. The summed E-state index contributed by atoms with van der Waals surface area (Å²) in [6, 6.07) is 0.933. The van der Waals surface area contributed by atoms with Gasteiger partial charge in [-0.05, 0) is 37.5 Å². The van der Waals surface area contributed by atoms with Crippen LogP contribution in [0.1, 0.15) is 46.5 Å². The molecule has 14 heavy (non-hydrogen) atoms. The summed E-state index contributed by atoms with van der Waals surface area (Å²) in [7, 11) is 0. The first-order valence-electron chi connectivity index (χ1n) is 5.89. The third-order valence-electron chi connectivity index (χ3n) is 3.64. The van der Waals surface area contributed by atoms with Gasteiger partial charge in [0.1, 0.15) is 0 Å². The number of nitrogens with one attached hydrogen (secondary N) is 1. The zero-order valence-electron chi connectivity index (χ0n) is 9.72. The molecule has 1 aliphatic carbocycles. The van der Waals surface area contributed by atoms with E-state index in [0.29, 0.717) is 6.04 Å². The molecule has 0 saturated heterocycles. The minimum absolute atomic E-state index is 0.278. The number of hydrogen-bond acceptors (Lipinski definition) is 1. The molecule has 1 heteroatoms. The van der Waals surface area contributed by atoms with Crippen LogP contribution in [-0.2, 0) is 0 Å². The molecule has 0 spiro atoms. The molecule has 80 valence electrons. The van der Waals surface area contributed by atoms with Gasteiger partial charge >= 0.3 is 0 Å². The van der Waals surface area contributed by atoms with Crippen LogP contribution in [0.25, 0.3) is 0 Å². The van der Waals surface area contributed by atoms with E-state index in [1.165, 1.54) is 19.3 Å². The van der Waals surface area contributed by atoms with Gasteiger partial charge < -0.3 is 5.32 Å². The molecule has 0 aliphatic heterocycles. The molecule has 0 bridgehead atoms. The Morgan fingerprint density at radius 1 is 1.36 bits per heavy atom. The molecule has 1 aliphatic rings. The third kappa shape index (κ3) is 3.03. The van der Waals surface area contributed by atoms with Crippen LogP contribution in [0.15, 0.2) is 0 Å². The molecule has 1 fully saturated rings. The maximum Gasteiger partial charge on any atom is 0.0686 e. The second-order valence-corrected chi connectivity index (χ2v) is 4.76. The summed E-state index contributed by atoms with van der Waals surface area (Å²) in [5.41, 5.74) is 0. The lowest BCUT2D eigenvalue weighted by molar-refractivity contribution is 0.221. The van der Waals surface area contributed by atoms with E-state index in [1.807, 2.05) is 0 Å². The minimum Gasteiger partial charge on any atom is -0.301 e. The minimum atomic E-state index is 0.278. The van der Waals surface area contributed by atoms with Gasteiger partial charge in [-0.3, -0.25) is 0 Å². The van der Waals surface area contributed by atoms with Gasteiger partial charge in [-0.15, -0.1) is 6.42 Å². The molecule has 0 heterocycles. The van der Waals surface area contributed by atoms with Crippen molar-refractivity contribution < 1.29 is 0 Å². The first kappa shape index (κ1) is 11.6. The smallest absolute Gasteiger partial charge is 0.0686 e. The average Bonchev–Trinajstić information content (AvgIpc) is 2.19. The Hall–Kier alpha value is -0.480. The Kier molecular flexibility index (Phi) is 4.48. The van der Waals surface area contributed by atoms with Crippen molar-refractivity contribution in [3.05, 3.63) is 0 Å². The number of terminal acetylenes is 1. The van der Waals surface area contributed by atoms with Gasteiger partial charge in [0.05, 0.1) is 6.04 Å². The molecule has 1 saturated carbocycles. The standard InChI is InChI=1S/C13H23N/c1-5-12(6-2)14-13-8-7-10(3)11(4)9-13/h1,10-14H,6-9H2,2-4H3. The lowest BCUT2D eigenvalue weighted by atomic mass is 9.79. The molecule has 1 N–H and O–H groups in total. The van der Waals surface area contributed by atoms with Crippen molar-refractivity contribution in [3.63, 3.8) is 0 Å². The molecule has 0 aromatic heterocycles. The molecular formula is C13H23N. The van der Waals surface area contributed by atoms with E-state index in [9.17, 15) is 0 Å². The lowest BCUT2D eigenvalue weighted by Crippen LogP contribution is -2.41. The van der Waals surface area contributed by atoms with Crippen LogP contribution >= 0.6 is 0 Å². The molecule has 4 atom stereocenters. The van der Waals surface area contributed by atoms with Crippen LogP contribution in [0.3, 0.4) is 0 Å². The van der Waals surface area contributed by atoms with E-state index in [0.717, 1.165) is 18.3 Å². The highest BCUT2D eigenvalue weighted by molar-refractivity contribution is 4.99. The highest BCUT2D eigenvalue weighted by Crippen LogP contribution is 2.29. The van der Waals surface area contributed by atoms with E-state index in [2.05, 4.69) is 32.0 Å². The Bertz CT molecular complexity index is 204. The first-order chi connectivity index (χ1) is 6.67. The van der Waals surface area contributed by atoms with Crippen LogP contribution in [0, 0.1) is 24.2 Å². The first-order valence-corrected chi connectivity index (χ1v) is 5.89. The summed E-state index contributed by atoms with van der Waals surface area (Å²) >= 11 is 0. The van der Waals surface area contributed by atoms with Gasteiger partial charge in [-0.25, -0.2) is 0 Å². The fourth-order valence-electron chi connectivity index (χ4n) is 2.27. The highest BCUT2D eigenvalue weighted by atomic mass is 14.9. The van der Waals surface area contributed by atoms with Gasteiger partial charge in [0.2, 0.25) is 0 Å². The Labute approximate surface area is 88.7 Å². The van der Waals surface area contributed by atoms with Gasteiger partial charge in [0.15, 0.2) is 0 Å².